The number of alkyl halides is 4. The van der Waals surface area contributed by atoms with Crippen LogP contribution in [0.25, 0.3) is 11.2 Å². The van der Waals surface area contributed by atoms with E-state index >= 15 is 4.39 Å². The van der Waals surface area contributed by atoms with Gasteiger partial charge in [0.05, 0.1) is 37.8 Å². The van der Waals surface area contributed by atoms with Crippen LogP contribution in [0.15, 0.2) is 30.6 Å². The third-order valence-corrected chi connectivity index (χ3v) is 11.6. The zero-order valence-corrected chi connectivity index (χ0v) is 36.1. The minimum Gasteiger partial charge on any atom is -0.387 e. The predicted octanol–water partition coefficient (Wildman–Crippen LogP) is 9.45. The average Bonchev–Trinajstić information content (AvgIpc) is 3.72. The molecule has 5 N–H and O–H groups in total. The van der Waals surface area contributed by atoms with Crippen LogP contribution in [0.1, 0.15) is 134 Å². The highest BCUT2D eigenvalue weighted by molar-refractivity contribution is 7.47. The van der Waals surface area contributed by atoms with Crippen molar-refractivity contribution in [1.29, 1.82) is 0 Å². The number of nitrogens with two attached hydrogens (primary N) is 1. The van der Waals surface area contributed by atoms with Crippen molar-refractivity contribution in [1.82, 2.24) is 19.5 Å². The number of rotatable bonds is 30. The van der Waals surface area contributed by atoms with Crippen LogP contribution in [0.5, 0.6) is 0 Å². The van der Waals surface area contributed by atoms with Gasteiger partial charge >= 0.3 is 14.0 Å². The van der Waals surface area contributed by atoms with Crippen LogP contribution in [0, 0.1) is 0 Å². The average molecular weight is 877 g/mol. The normalized spacial score (nSPS) is 21.1. The molecule has 340 valence electrons. The van der Waals surface area contributed by atoms with Gasteiger partial charge in [-0.2, -0.15) is 23.1 Å². The third kappa shape index (κ3) is 15.7. The highest BCUT2D eigenvalue weighted by Crippen LogP contribution is 2.47. The first-order valence-electron chi connectivity index (χ1n) is 21.3. The molecule has 3 heterocycles. The number of aromatic nitrogens is 4. The van der Waals surface area contributed by atoms with Crippen molar-refractivity contribution >= 4 is 30.8 Å². The molecule has 14 nitrogen and oxygen atoms in total. The fourth-order valence-corrected chi connectivity index (χ4v) is 7.94. The Hall–Kier alpha value is -2.96. The van der Waals surface area contributed by atoms with Crippen LogP contribution in [-0.2, 0) is 40.6 Å². The summed E-state index contributed by atoms with van der Waals surface area (Å²) in [5.74, 6) is 0.182. The molecule has 60 heavy (non-hydrogen) atoms. The Labute approximate surface area is 350 Å². The van der Waals surface area contributed by atoms with Gasteiger partial charge in [-0.25, -0.2) is 13.9 Å². The standard InChI is InChI=1S/C41H65F4N6O8P/c1-4-5-6-7-11-14-17-23-55-24-18-15-12-9-8-10-13-16-22-32(56-26-30-20-19-21-31(25-30)41(43,44)45)27-57-60(53,54)58-28-33-35(52)40(2,42)38(59-33)51-29-48-34-36(47-3)49-39(46)50-37(34)51/h19-21,25,29,32-33,35,38,52H,4-18,22-24,26-28H2,1-3H3,(H,53,54)(H3,46,47,49,50)/t32-,33-,35?,38-,40-/m1/s1. The monoisotopic (exact) mass is 876 g/mol. The van der Waals surface area contributed by atoms with Gasteiger partial charge in [0.25, 0.3) is 0 Å². The molecule has 19 heteroatoms. The van der Waals surface area contributed by atoms with E-state index in [0.717, 1.165) is 83.6 Å². The van der Waals surface area contributed by atoms with Gasteiger partial charge in [0.15, 0.2) is 28.9 Å². The molecule has 0 spiro atoms. The van der Waals surface area contributed by atoms with E-state index in [1.54, 1.807) is 7.05 Å². The first-order chi connectivity index (χ1) is 28.7. The molecule has 2 unspecified atom stereocenters. The topological polar surface area (TPSA) is 185 Å². The Morgan fingerprint density at radius 1 is 0.983 bits per heavy atom. The largest absolute Gasteiger partial charge is 0.472 e. The maximum atomic E-state index is 16.0. The molecule has 6 atom stereocenters. The van der Waals surface area contributed by atoms with E-state index in [0.29, 0.717) is 18.7 Å². The van der Waals surface area contributed by atoms with Gasteiger partial charge in [-0.1, -0.05) is 103 Å². The summed E-state index contributed by atoms with van der Waals surface area (Å²) < 4.78 is 98.2. The number of anilines is 2. The number of nitrogens with zero attached hydrogens (tertiary/aromatic N) is 4. The highest BCUT2D eigenvalue weighted by atomic mass is 31.2. The number of ether oxygens (including phenoxy) is 3. The van der Waals surface area contributed by atoms with E-state index in [2.05, 4.69) is 27.2 Å². The van der Waals surface area contributed by atoms with Gasteiger partial charge in [-0.15, -0.1) is 0 Å². The summed E-state index contributed by atoms with van der Waals surface area (Å²) in [7, 11) is -3.22. The molecule has 2 aromatic heterocycles. The number of aliphatic hydroxyl groups is 1. The molecule has 0 saturated carbocycles. The van der Waals surface area contributed by atoms with Gasteiger partial charge in [-0.3, -0.25) is 13.6 Å². The van der Waals surface area contributed by atoms with Gasteiger partial charge in [0.1, 0.15) is 12.2 Å². The number of aliphatic hydroxyl groups excluding tert-OH is 1. The minimum atomic E-state index is -4.82. The molecule has 1 aliphatic heterocycles. The van der Waals surface area contributed by atoms with Crippen molar-refractivity contribution in [2.75, 3.05) is 44.5 Å². The van der Waals surface area contributed by atoms with Crippen LogP contribution in [0.3, 0.4) is 0 Å². The number of fused-ring (bicyclic) bond motifs is 1. The van der Waals surface area contributed by atoms with Crippen LogP contribution in [0.2, 0.25) is 0 Å². The van der Waals surface area contributed by atoms with Gasteiger partial charge in [-0.05, 0) is 43.9 Å². The summed E-state index contributed by atoms with van der Waals surface area (Å²) in [5.41, 5.74) is 3.27. The lowest BCUT2D eigenvalue weighted by molar-refractivity contribution is -0.137. The summed E-state index contributed by atoms with van der Waals surface area (Å²) in [6, 6.07) is 4.75. The zero-order valence-electron chi connectivity index (χ0n) is 35.2. The van der Waals surface area contributed by atoms with Crippen molar-refractivity contribution in [3.8, 4) is 0 Å². The predicted molar refractivity (Wildman–Crippen MR) is 221 cm³/mol. The Bertz CT molecular complexity index is 1750. The molecule has 0 amide bonds. The van der Waals surface area contributed by atoms with E-state index in [9.17, 15) is 27.7 Å². The van der Waals surface area contributed by atoms with Crippen molar-refractivity contribution in [2.24, 2.45) is 0 Å². The molecule has 3 aromatic rings. The maximum absolute atomic E-state index is 16.0. The van der Waals surface area contributed by atoms with Crippen molar-refractivity contribution in [3.63, 3.8) is 0 Å². The molecule has 0 bridgehead atoms. The van der Waals surface area contributed by atoms with E-state index in [4.69, 9.17) is 29.0 Å². The second-order valence-corrected chi connectivity index (χ2v) is 17.1. The number of phosphoric acid groups is 1. The fraction of sp³-hybridized carbons (Fsp3) is 0.732. The van der Waals surface area contributed by atoms with Crippen LogP contribution in [-0.4, -0.2) is 87.0 Å². The Morgan fingerprint density at radius 2 is 1.62 bits per heavy atom. The second-order valence-electron chi connectivity index (χ2n) is 15.7. The lowest BCUT2D eigenvalue weighted by Gasteiger charge is -2.24. The lowest BCUT2D eigenvalue weighted by Crippen LogP contribution is -2.40. The first-order valence-corrected chi connectivity index (χ1v) is 22.8. The zero-order chi connectivity index (χ0) is 43.6. The first kappa shape index (κ1) is 49.7. The number of imidazole rings is 1. The van der Waals surface area contributed by atoms with Gasteiger partial charge in [0.2, 0.25) is 5.95 Å². The van der Waals surface area contributed by atoms with E-state index in [1.165, 1.54) is 61.6 Å². The highest BCUT2D eigenvalue weighted by Gasteiger charge is 2.56. The molecule has 1 fully saturated rings. The van der Waals surface area contributed by atoms with Crippen LogP contribution < -0.4 is 11.1 Å². The molecular formula is C41H65F4N6O8P. The van der Waals surface area contributed by atoms with Gasteiger partial charge < -0.3 is 35.3 Å². The number of hydrogen-bond donors (Lipinski definition) is 4. The second kappa shape index (κ2) is 24.6. The SMILES string of the molecule is CCCCCCCCCOCCCCCCCCCC[C@H](COP(=O)(O)OC[C@H]1O[C@@H](n2cnc3c(NC)nc(N)nc32)[C@](C)(F)C1O)OCc1cccc(C(F)(F)F)c1. The Balaban J connectivity index is 1.21. The number of halogens is 4. The number of nitrogens with one attached hydrogen (secondary N) is 1. The van der Waals surface area contributed by atoms with Crippen molar-refractivity contribution in [2.45, 2.75) is 160 Å². The summed E-state index contributed by atoms with van der Waals surface area (Å²) >= 11 is 0. The van der Waals surface area contributed by atoms with Gasteiger partial charge in [0, 0.05) is 20.3 Å². The van der Waals surface area contributed by atoms with Crippen LogP contribution >= 0.6 is 7.82 Å². The summed E-state index contributed by atoms with van der Waals surface area (Å²) in [5, 5.41) is 13.7. The number of nitrogen functional groups attached to an aromatic ring is 1. The Morgan fingerprint density at radius 3 is 2.25 bits per heavy atom. The molecule has 0 aliphatic carbocycles. The smallest absolute Gasteiger partial charge is 0.387 e. The fourth-order valence-electron chi connectivity index (χ4n) is 7.18. The molecular weight excluding hydrogens is 811 g/mol. The quantitative estimate of drug-likeness (QED) is 0.0282. The number of benzene rings is 1. The third-order valence-electron chi connectivity index (χ3n) is 10.7. The number of hydrogen-bond acceptors (Lipinski definition) is 12. The summed E-state index contributed by atoms with van der Waals surface area (Å²) in [4.78, 5) is 23.0. The van der Waals surface area contributed by atoms with Crippen molar-refractivity contribution in [3.05, 3.63) is 41.7 Å². The number of unbranched alkanes of at least 4 members (excludes halogenated alkanes) is 13. The number of phosphoric ester groups is 1. The van der Waals surface area contributed by atoms with E-state index in [1.807, 2.05) is 0 Å². The van der Waals surface area contributed by atoms with E-state index < -0.39 is 63.0 Å². The molecule has 1 aromatic carbocycles. The maximum Gasteiger partial charge on any atom is 0.472 e. The lowest BCUT2D eigenvalue weighted by atomic mass is 9.98. The minimum absolute atomic E-state index is 0.112. The molecule has 1 saturated heterocycles. The molecule has 0 radical (unpaired) electrons. The summed E-state index contributed by atoms with van der Waals surface area (Å²) in [6.45, 7) is 3.64. The van der Waals surface area contributed by atoms with E-state index in [-0.39, 0.29) is 29.3 Å². The molecule has 1 aliphatic rings. The van der Waals surface area contributed by atoms with Crippen LogP contribution in [0.4, 0.5) is 29.3 Å². The Kier molecular flexibility index (Phi) is 20.4. The van der Waals surface area contributed by atoms with Crippen molar-refractivity contribution < 1.29 is 55.4 Å². The summed E-state index contributed by atoms with van der Waals surface area (Å²) in [6.07, 6.45) is 8.56. The molecule has 4 rings (SSSR count).